The van der Waals surface area contributed by atoms with Crippen molar-refractivity contribution in [1.29, 1.82) is 0 Å². The molecule has 0 fully saturated rings. The van der Waals surface area contributed by atoms with Crippen LogP contribution in [0, 0.1) is 5.82 Å². The summed E-state index contributed by atoms with van der Waals surface area (Å²) in [6.45, 7) is 2.61. The Bertz CT molecular complexity index is 1730. The maximum atomic E-state index is 15.0. The monoisotopic (exact) mass is 647 g/mol. The van der Waals surface area contributed by atoms with E-state index in [1.54, 1.807) is 38.1 Å². The molecule has 0 heterocycles. The van der Waals surface area contributed by atoms with Crippen LogP contribution in [0.5, 0.6) is 11.5 Å². The van der Waals surface area contributed by atoms with E-state index in [-0.39, 0.29) is 40.9 Å². The highest BCUT2D eigenvalue weighted by Crippen LogP contribution is 2.33. The molecule has 46 heavy (non-hydrogen) atoms. The summed E-state index contributed by atoms with van der Waals surface area (Å²) in [5, 5.41) is 2.88. The van der Waals surface area contributed by atoms with Gasteiger partial charge in [0, 0.05) is 24.6 Å². The van der Waals surface area contributed by atoms with Gasteiger partial charge in [-0.25, -0.2) is 12.8 Å². The van der Waals surface area contributed by atoms with E-state index in [0.29, 0.717) is 5.75 Å². The van der Waals surface area contributed by atoms with Crippen LogP contribution in [0.15, 0.2) is 108 Å². The Labute approximate surface area is 269 Å². The van der Waals surface area contributed by atoms with Crippen LogP contribution in [0.1, 0.15) is 25.0 Å². The summed E-state index contributed by atoms with van der Waals surface area (Å²) in [5.74, 6) is -1.06. The molecule has 9 nitrogen and oxygen atoms in total. The lowest BCUT2D eigenvalue weighted by molar-refractivity contribution is -0.140. The van der Waals surface area contributed by atoms with Gasteiger partial charge in [0.15, 0.2) is 0 Å². The molecule has 0 spiro atoms. The number of sulfonamides is 1. The van der Waals surface area contributed by atoms with Crippen molar-refractivity contribution in [3.05, 3.63) is 120 Å². The molecule has 1 N–H and O–H groups in total. The minimum absolute atomic E-state index is 0.0916. The van der Waals surface area contributed by atoms with Gasteiger partial charge >= 0.3 is 0 Å². The van der Waals surface area contributed by atoms with Gasteiger partial charge in [-0.2, -0.15) is 0 Å². The van der Waals surface area contributed by atoms with E-state index in [9.17, 15) is 18.0 Å². The first-order valence-electron chi connectivity index (χ1n) is 14.7. The van der Waals surface area contributed by atoms with Gasteiger partial charge in [-0.05, 0) is 61.9 Å². The number of amides is 2. The van der Waals surface area contributed by atoms with Crippen LogP contribution in [-0.2, 0) is 32.6 Å². The first-order chi connectivity index (χ1) is 22.0. The van der Waals surface area contributed by atoms with E-state index in [4.69, 9.17) is 9.47 Å². The average molecular weight is 648 g/mol. The molecule has 0 aliphatic heterocycles. The highest BCUT2D eigenvalue weighted by atomic mass is 32.2. The molecule has 0 aromatic heterocycles. The van der Waals surface area contributed by atoms with E-state index in [1.807, 2.05) is 30.3 Å². The van der Waals surface area contributed by atoms with Crippen LogP contribution in [0.2, 0.25) is 0 Å². The predicted octanol–water partition coefficient (Wildman–Crippen LogP) is 5.20. The smallest absolute Gasteiger partial charge is 0.264 e. The van der Waals surface area contributed by atoms with Crippen molar-refractivity contribution in [2.45, 2.75) is 43.8 Å². The van der Waals surface area contributed by atoms with Gasteiger partial charge < -0.3 is 19.7 Å². The number of para-hydroxylation sites is 2. The van der Waals surface area contributed by atoms with Crippen molar-refractivity contribution in [3.63, 3.8) is 0 Å². The number of halogens is 1. The molecule has 0 radical (unpaired) electrons. The van der Waals surface area contributed by atoms with E-state index in [1.165, 1.54) is 67.7 Å². The minimum atomic E-state index is -4.37. The van der Waals surface area contributed by atoms with Crippen LogP contribution in [0.25, 0.3) is 0 Å². The molecule has 242 valence electrons. The van der Waals surface area contributed by atoms with Gasteiger partial charge in [-0.1, -0.05) is 60.7 Å². The highest BCUT2D eigenvalue weighted by molar-refractivity contribution is 7.92. The fourth-order valence-electron chi connectivity index (χ4n) is 4.97. The molecule has 0 bridgehead atoms. The molecule has 4 aromatic carbocycles. The zero-order valence-corrected chi connectivity index (χ0v) is 27.0. The molecule has 11 heteroatoms. The second kappa shape index (κ2) is 15.4. The number of rotatable bonds is 14. The molecular formula is C35H38FN3O6S. The number of anilines is 1. The maximum absolute atomic E-state index is 15.0. The number of methoxy groups -OCH3 is 2. The van der Waals surface area contributed by atoms with Crippen molar-refractivity contribution in [3.8, 4) is 11.5 Å². The molecule has 0 saturated heterocycles. The first-order valence-corrected chi connectivity index (χ1v) is 16.2. The lowest BCUT2D eigenvalue weighted by Gasteiger charge is -2.34. The Morgan fingerprint density at radius 1 is 0.826 bits per heavy atom. The number of hydrogen-bond donors (Lipinski definition) is 1. The van der Waals surface area contributed by atoms with Gasteiger partial charge in [0.1, 0.15) is 29.9 Å². The van der Waals surface area contributed by atoms with Crippen LogP contribution in [-0.4, -0.2) is 58.0 Å². The van der Waals surface area contributed by atoms with Gasteiger partial charge in [-0.15, -0.1) is 0 Å². The minimum Gasteiger partial charge on any atom is -0.497 e. The summed E-state index contributed by atoms with van der Waals surface area (Å²) in [6, 6.07) is 26.0. The van der Waals surface area contributed by atoms with Crippen LogP contribution < -0.4 is 19.1 Å². The lowest BCUT2D eigenvalue weighted by Crippen LogP contribution is -2.54. The largest absolute Gasteiger partial charge is 0.497 e. The van der Waals surface area contributed by atoms with Gasteiger partial charge in [0.25, 0.3) is 10.0 Å². The Kier molecular flexibility index (Phi) is 11.4. The zero-order chi connectivity index (χ0) is 33.3. The Hall–Kier alpha value is -4.90. The Morgan fingerprint density at radius 3 is 2.09 bits per heavy atom. The third-order valence-corrected chi connectivity index (χ3v) is 9.05. The average Bonchev–Trinajstić information content (AvgIpc) is 3.06. The highest BCUT2D eigenvalue weighted by Gasteiger charge is 2.36. The second-order valence-corrected chi connectivity index (χ2v) is 12.7. The molecule has 1 atom stereocenters. The first kappa shape index (κ1) is 34.0. The molecular weight excluding hydrogens is 609 g/mol. The van der Waals surface area contributed by atoms with Gasteiger partial charge in [0.2, 0.25) is 11.8 Å². The van der Waals surface area contributed by atoms with Crippen molar-refractivity contribution < 1.29 is 31.9 Å². The number of ether oxygens (including phenoxy) is 2. The number of carbonyl (C=O) groups excluding carboxylic acids is 2. The SMILES string of the molecule is COc1ccc(S(=O)(=O)N(CC(=O)N(Cc2ccccc2F)[C@@H](Cc2ccccc2)C(=O)NC(C)C)c2ccccc2OC)cc1. The number of hydrogen-bond acceptors (Lipinski definition) is 6. The van der Waals surface area contributed by atoms with Gasteiger partial charge in [0.05, 0.1) is 24.8 Å². The van der Waals surface area contributed by atoms with Crippen LogP contribution in [0.4, 0.5) is 10.1 Å². The number of nitrogens with zero attached hydrogens (tertiary/aromatic N) is 2. The number of carbonyl (C=O) groups is 2. The van der Waals surface area contributed by atoms with Gasteiger partial charge in [-0.3, -0.25) is 13.9 Å². The van der Waals surface area contributed by atoms with E-state index in [0.717, 1.165) is 9.87 Å². The molecule has 0 unspecified atom stereocenters. The Morgan fingerprint density at radius 2 is 1.46 bits per heavy atom. The van der Waals surface area contributed by atoms with Crippen LogP contribution >= 0.6 is 0 Å². The van der Waals surface area contributed by atoms with E-state index in [2.05, 4.69) is 5.32 Å². The van der Waals surface area contributed by atoms with Crippen molar-refractivity contribution in [2.24, 2.45) is 0 Å². The summed E-state index contributed by atoms with van der Waals surface area (Å²) in [5.41, 5.74) is 1.06. The summed E-state index contributed by atoms with van der Waals surface area (Å²) in [7, 11) is -1.50. The molecule has 2 amide bonds. The standard InChI is InChI=1S/C35H38FN3O6S/c1-25(2)37-35(41)32(22-26-12-6-5-7-13-26)38(23-27-14-8-9-15-30(27)36)34(40)24-39(31-16-10-11-17-33(31)45-4)46(42,43)29-20-18-28(44-3)19-21-29/h5-21,25,32H,22-24H2,1-4H3,(H,37,41)/t32-/m0/s1. The normalized spacial score (nSPS) is 11.9. The van der Waals surface area contributed by atoms with E-state index >= 15 is 4.39 Å². The Balaban J connectivity index is 1.84. The predicted molar refractivity (Wildman–Crippen MR) is 175 cm³/mol. The number of benzene rings is 4. The molecule has 0 saturated carbocycles. The topological polar surface area (TPSA) is 105 Å². The summed E-state index contributed by atoms with van der Waals surface area (Å²) < 4.78 is 55.1. The van der Waals surface area contributed by atoms with Crippen molar-refractivity contribution >= 4 is 27.5 Å². The fraction of sp³-hybridized carbons (Fsp3) is 0.257. The van der Waals surface area contributed by atoms with Crippen molar-refractivity contribution in [1.82, 2.24) is 10.2 Å². The summed E-state index contributed by atoms with van der Waals surface area (Å²) in [4.78, 5) is 29.4. The van der Waals surface area contributed by atoms with Crippen molar-refractivity contribution in [2.75, 3.05) is 25.1 Å². The number of nitrogens with one attached hydrogen (secondary N) is 1. The fourth-order valence-corrected chi connectivity index (χ4v) is 6.39. The summed E-state index contributed by atoms with van der Waals surface area (Å²) >= 11 is 0. The third-order valence-electron chi connectivity index (χ3n) is 7.28. The molecule has 0 aliphatic carbocycles. The zero-order valence-electron chi connectivity index (χ0n) is 26.2. The van der Waals surface area contributed by atoms with E-state index < -0.39 is 40.2 Å². The third kappa shape index (κ3) is 8.22. The second-order valence-electron chi connectivity index (χ2n) is 10.8. The van der Waals surface area contributed by atoms with Crippen LogP contribution in [0.3, 0.4) is 0 Å². The molecule has 4 rings (SSSR count). The quantitative estimate of drug-likeness (QED) is 0.202. The maximum Gasteiger partial charge on any atom is 0.264 e. The molecule has 4 aromatic rings. The molecule has 0 aliphatic rings. The summed E-state index contributed by atoms with van der Waals surface area (Å²) in [6.07, 6.45) is 0.111. The lowest BCUT2D eigenvalue weighted by atomic mass is 10.0.